The number of ether oxygens (including phenoxy) is 1. The monoisotopic (exact) mass is 509 g/mol. The van der Waals surface area contributed by atoms with Gasteiger partial charge in [0.2, 0.25) is 0 Å². The number of nitrogens with one attached hydrogen (secondary N) is 2. The van der Waals surface area contributed by atoms with Crippen molar-refractivity contribution >= 4 is 29.9 Å². The maximum absolute atomic E-state index is 6.06. The molecule has 1 heterocycles. The predicted octanol–water partition coefficient (Wildman–Crippen LogP) is 2.93. The van der Waals surface area contributed by atoms with Crippen molar-refractivity contribution in [2.75, 3.05) is 66.0 Å². The summed E-state index contributed by atoms with van der Waals surface area (Å²) < 4.78 is 6.06. The van der Waals surface area contributed by atoms with Crippen LogP contribution >= 0.6 is 24.0 Å². The molecule has 1 aliphatic carbocycles. The molecule has 2 rings (SSSR count). The van der Waals surface area contributed by atoms with Gasteiger partial charge in [0.25, 0.3) is 0 Å². The molecule has 0 atom stereocenters. The summed E-state index contributed by atoms with van der Waals surface area (Å²) in [6.45, 7) is 11.5. The molecule has 0 spiro atoms. The quantitative estimate of drug-likeness (QED) is 0.165. The van der Waals surface area contributed by atoms with E-state index in [1.807, 2.05) is 0 Å². The normalized spacial score (nSPS) is 20.9. The van der Waals surface area contributed by atoms with Gasteiger partial charge in [-0.1, -0.05) is 25.7 Å². The highest BCUT2D eigenvalue weighted by Gasteiger charge is 2.12. The number of nitrogens with zero attached hydrogens (tertiary/aromatic N) is 3. The van der Waals surface area contributed by atoms with Crippen LogP contribution in [0.4, 0.5) is 0 Å². The van der Waals surface area contributed by atoms with E-state index in [-0.39, 0.29) is 24.0 Å². The molecule has 6 nitrogen and oxygen atoms in total. The standard InChI is InChI=1S/C21H43N5O.HI/c1-3-22-21(24-13-19-27-20-10-6-4-5-7-11-20)23-12-8-15-26-16-9-14-25(2)17-18-26;/h20H,3-19H2,1-2H3,(H2,22,23,24);1H. The first-order valence-electron chi connectivity index (χ1n) is 11.3. The largest absolute Gasteiger partial charge is 0.376 e. The van der Waals surface area contributed by atoms with Crippen LogP contribution in [0.15, 0.2) is 4.99 Å². The molecular formula is C21H44IN5O. The number of likely N-dealkylation sites (N-methyl/N-ethyl adjacent to an activating group) is 1. The van der Waals surface area contributed by atoms with Crippen LogP contribution < -0.4 is 10.6 Å². The SMILES string of the molecule is CCNC(=NCCCN1CCCN(C)CC1)NCCOC1CCCCCC1.I. The molecule has 1 saturated heterocycles. The molecule has 2 aliphatic rings. The molecule has 0 unspecified atom stereocenters. The van der Waals surface area contributed by atoms with Gasteiger partial charge in [-0.3, -0.25) is 4.99 Å². The van der Waals surface area contributed by atoms with E-state index >= 15 is 0 Å². The van der Waals surface area contributed by atoms with Crippen molar-refractivity contribution in [1.82, 2.24) is 20.4 Å². The van der Waals surface area contributed by atoms with Crippen molar-refractivity contribution in [2.24, 2.45) is 4.99 Å². The molecule has 0 aromatic rings. The average Bonchev–Trinajstić information content (AvgIpc) is 3.05. The average molecular weight is 510 g/mol. The molecule has 0 amide bonds. The van der Waals surface area contributed by atoms with Crippen LogP contribution in [0, 0.1) is 0 Å². The van der Waals surface area contributed by atoms with Gasteiger partial charge in [0.1, 0.15) is 0 Å². The van der Waals surface area contributed by atoms with Crippen LogP contribution in [0.1, 0.15) is 58.3 Å². The van der Waals surface area contributed by atoms with E-state index in [9.17, 15) is 0 Å². The zero-order valence-electron chi connectivity index (χ0n) is 18.3. The van der Waals surface area contributed by atoms with Crippen molar-refractivity contribution in [1.29, 1.82) is 0 Å². The third kappa shape index (κ3) is 11.8. The molecule has 2 N–H and O–H groups in total. The second kappa shape index (κ2) is 16.7. The Balaban J connectivity index is 0.00000392. The van der Waals surface area contributed by atoms with Gasteiger partial charge in [-0.2, -0.15) is 0 Å². The number of hydrogen-bond acceptors (Lipinski definition) is 4. The Morgan fingerprint density at radius 3 is 2.54 bits per heavy atom. The maximum atomic E-state index is 6.06. The van der Waals surface area contributed by atoms with Crippen LogP contribution in [0.5, 0.6) is 0 Å². The Bertz CT molecular complexity index is 402. The van der Waals surface area contributed by atoms with E-state index < -0.39 is 0 Å². The van der Waals surface area contributed by atoms with Gasteiger partial charge >= 0.3 is 0 Å². The van der Waals surface area contributed by atoms with Gasteiger partial charge in [-0.25, -0.2) is 0 Å². The lowest BCUT2D eigenvalue weighted by atomic mass is 10.1. The summed E-state index contributed by atoms with van der Waals surface area (Å²) >= 11 is 0. The molecule has 0 radical (unpaired) electrons. The molecule has 1 saturated carbocycles. The van der Waals surface area contributed by atoms with Crippen LogP contribution in [0.2, 0.25) is 0 Å². The topological polar surface area (TPSA) is 52.1 Å². The molecule has 28 heavy (non-hydrogen) atoms. The van der Waals surface area contributed by atoms with Gasteiger partial charge in [-0.15, -0.1) is 24.0 Å². The van der Waals surface area contributed by atoms with E-state index in [4.69, 9.17) is 9.73 Å². The Hall–Kier alpha value is -0.120. The van der Waals surface area contributed by atoms with Crippen LogP contribution in [-0.2, 0) is 4.74 Å². The third-order valence-corrected chi connectivity index (χ3v) is 5.61. The number of guanidine groups is 1. The highest BCUT2D eigenvalue weighted by atomic mass is 127. The van der Waals surface area contributed by atoms with Crippen molar-refractivity contribution in [3.63, 3.8) is 0 Å². The first kappa shape index (κ1) is 25.9. The second-order valence-corrected chi connectivity index (χ2v) is 8.02. The van der Waals surface area contributed by atoms with Gasteiger partial charge in [0, 0.05) is 32.7 Å². The first-order chi connectivity index (χ1) is 13.3. The highest BCUT2D eigenvalue weighted by molar-refractivity contribution is 14.0. The van der Waals surface area contributed by atoms with E-state index in [1.165, 1.54) is 71.1 Å². The van der Waals surface area contributed by atoms with Crippen molar-refractivity contribution in [3.05, 3.63) is 0 Å². The summed E-state index contributed by atoms with van der Waals surface area (Å²) in [6, 6.07) is 0. The highest BCUT2D eigenvalue weighted by Crippen LogP contribution is 2.19. The van der Waals surface area contributed by atoms with Gasteiger partial charge in [-0.05, 0) is 59.3 Å². The fourth-order valence-corrected chi connectivity index (χ4v) is 3.95. The van der Waals surface area contributed by atoms with Crippen LogP contribution in [0.3, 0.4) is 0 Å². The Morgan fingerprint density at radius 1 is 1.00 bits per heavy atom. The van der Waals surface area contributed by atoms with E-state index in [2.05, 4.69) is 34.4 Å². The van der Waals surface area contributed by atoms with E-state index in [0.717, 1.165) is 45.2 Å². The molecular weight excluding hydrogens is 465 g/mol. The minimum Gasteiger partial charge on any atom is -0.376 e. The number of rotatable bonds is 9. The lowest BCUT2D eigenvalue weighted by Gasteiger charge is -2.19. The molecule has 2 fully saturated rings. The fourth-order valence-electron chi connectivity index (χ4n) is 3.95. The Morgan fingerprint density at radius 2 is 1.79 bits per heavy atom. The summed E-state index contributed by atoms with van der Waals surface area (Å²) in [5.41, 5.74) is 0. The van der Waals surface area contributed by atoms with E-state index in [0.29, 0.717) is 6.10 Å². The molecule has 166 valence electrons. The molecule has 0 bridgehead atoms. The lowest BCUT2D eigenvalue weighted by Crippen LogP contribution is -2.39. The van der Waals surface area contributed by atoms with Crippen molar-refractivity contribution < 1.29 is 4.74 Å². The summed E-state index contributed by atoms with van der Waals surface area (Å²) in [5.74, 6) is 0.928. The minimum absolute atomic E-state index is 0. The minimum atomic E-state index is 0. The van der Waals surface area contributed by atoms with Crippen molar-refractivity contribution in [2.45, 2.75) is 64.4 Å². The Kier molecular flexibility index (Phi) is 15.4. The second-order valence-electron chi connectivity index (χ2n) is 8.02. The summed E-state index contributed by atoms with van der Waals surface area (Å²) in [6.07, 6.45) is 10.8. The third-order valence-electron chi connectivity index (χ3n) is 5.61. The maximum Gasteiger partial charge on any atom is 0.191 e. The Labute approximate surface area is 190 Å². The molecule has 1 aliphatic heterocycles. The predicted molar refractivity (Wildman–Crippen MR) is 130 cm³/mol. The van der Waals surface area contributed by atoms with Gasteiger partial charge in [0.05, 0.1) is 12.7 Å². The summed E-state index contributed by atoms with van der Waals surface area (Å²) in [4.78, 5) is 9.75. The number of hydrogen-bond donors (Lipinski definition) is 2. The van der Waals surface area contributed by atoms with Gasteiger partial charge in [0.15, 0.2) is 5.96 Å². The molecule has 7 heteroatoms. The summed E-state index contributed by atoms with van der Waals surface area (Å²) in [5, 5.41) is 6.77. The smallest absolute Gasteiger partial charge is 0.191 e. The fraction of sp³-hybridized carbons (Fsp3) is 0.952. The molecule has 0 aromatic carbocycles. The summed E-state index contributed by atoms with van der Waals surface area (Å²) in [7, 11) is 2.22. The zero-order valence-corrected chi connectivity index (χ0v) is 20.6. The van der Waals surface area contributed by atoms with Gasteiger partial charge < -0.3 is 25.2 Å². The van der Waals surface area contributed by atoms with E-state index in [1.54, 1.807) is 0 Å². The number of halogens is 1. The van der Waals surface area contributed by atoms with Crippen molar-refractivity contribution in [3.8, 4) is 0 Å². The lowest BCUT2D eigenvalue weighted by molar-refractivity contribution is 0.0468. The number of aliphatic imine (C=N–C) groups is 1. The van der Waals surface area contributed by atoms with Crippen LogP contribution in [-0.4, -0.2) is 87.9 Å². The van der Waals surface area contributed by atoms with Crippen LogP contribution in [0.25, 0.3) is 0 Å². The molecule has 0 aromatic heterocycles. The first-order valence-corrected chi connectivity index (χ1v) is 11.3. The zero-order chi connectivity index (χ0) is 19.2.